The van der Waals surface area contributed by atoms with Gasteiger partial charge in [0.25, 0.3) is 0 Å². The van der Waals surface area contributed by atoms with E-state index in [2.05, 4.69) is 122 Å². The lowest BCUT2D eigenvalue weighted by molar-refractivity contribution is 0.758. The predicted octanol–water partition coefficient (Wildman–Crippen LogP) is 6.03. The Bertz CT molecular complexity index is 1330. The Balaban J connectivity index is 1.56. The maximum atomic E-state index is 2.55. The van der Waals surface area contributed by atoms with Crippen LogP contribution in [0.2, 0.25) is 19.6 Å². The highest BCUT2D eigenvalue weighted by atomic mass is 28.3. The average molecular weight is 471 g/mol. The zero-order valence-electron chi connectivity index (χ0n) is 19.3. The van der Waals surface area contributed by atoms with Crippen LogP contribution in [0.4, 0.5) is 0 Å². The summed E-state index contributed by atoms with van der Waals surface area (Å²) in [5.41, 5.74) is 9.36. The summed E-state index contributed by atoms with van der Waals surface area (Å²) < 4.78 is 0. The Morgan fingerprint density at radius 3 is 2.00 bits per heavy atom. The number of allylic oxidation sites excluding steroid dienone is 6. The van der Waals surface area contributed by atoms with Gasteiger partial charge in [0.1, 0.15) is 19.0 Å². The number of rotatable bonds is 4. The first-order valence-corrected chi connectivity index (χ1v) is 17.2. The van der Waals surface area contributed by atoms with Crippen molar-refractivity contribution >= 4 is 37.5 Å². The highest BCUT2D eigenvalue weighted by Gasteiger charge is 2.50. The molecule has 4 radical (unpaired) electrons. The molecule has 0 fully saturated rings. The zero-order chi connectivity index (χ0) is 22.6. The number of hydrogen-bond donors (Lipinski definition) is 0. The van der Waals surface area contributed by atoms with Crippen LogP contribution in [0, 0.1) is 0 Å². The minimum atomic E-state index is -1.35. The summed E-state index contributed by atoms with van der Waals surface area (Å²) in [4.78, 5) is 0. The summed E-state index contributed by atoms with van der Waals surface area (Å²) in [7, 11) is 0.141. The van der Waals surface area contributed by atoms with Crippen LogP contribution in [0.3, 0.4) is 0 Å². The molecule has 0 bridgehead atoms. The van der Waals surface area contributed by atoms with Crippen molar-refractivity contribution in [2.75, 3.05) is 0 Å². The molecular weight excluding hydrogens is 445 g/mol. The third-order valence-corrected chi connectivity index (χ3v) is 12.0. The first-order valence-electron chi connectivity index (χ1n) is 11.6. The maximum Gasteiger partial charge on any atom is 0.122 e. The molecule has 3 heteroatoms. The van der Waals surface area contributed by atoms with Gasteiger partial charge in [0.05, 0.1) is 13.5 Å². The fourth-order valence-electron chi connectivity index (χ4n) is 5.46. The van der Waals surface area contributed by atoms with E-state index in [1.807, 2.05) is 0 Å². The molecule has 0 atom stereocenters. The first kappa shape index (κ1) is 20.8. The predicted molar refractivity (Wildman–Crippen MR) is 146 cm³/mol. The van der Waals surface area contributed by atoms with E-state index in [0.29, 0.717) is 0 Å². The molecule has 3 aliphatic rings. The Morgan fingerprint density at radius 2 is 1.36 bits per heavy atom. The quantitative estimate of drug-likeness (QED) is 0.408. The molecule has 6 rings (SSSR count). The van der Waals surface area contributed by atoms with Crippen molar-refractivity contribution in [3.63, 3.8) is 0 Å². The van der Waals surface area contributed by atoms with Gasteiger partial charge in [-0.2, -0.15) is 0 Å². The molecule has 158 valence electrons. The molecule has 1 aliphatic carbocycles. The van der Waals surface area contributed by atoms with Crippen LogP contribution in [0.15, 0.2) is 124 Å². The second-order valence-electron chi connectivity index (χ2n) is 10.1. The molecule has 2 aliphatic heterocycles. The summed E-state index contributed by atoms with van der Waals surface area (Å²) in [5, 5.41) is 6.22. The zero-order valence-corrected chi connectivity index (χ0v) is 22.3. The Hall–Kier alpha value is -2.73. The monoisotopic (exact) mass is 470 g/mol. The van der Waals surface area contributed by atoms with Gasteiger partial charge in [-0.05, 0) is 27.8 Å². The van der Waals surface area contributed by atoms with E-state index in [9.17, 15) is 0 Å². The van der Waals surface area contributed by atoms with E-state index in [0.717, 1.165) is 19.0 Å². The van der Waals surface area contributed by atoms with E-state index in [-0.39, 0.29) is 5.41 Å². The van der Waals surface area contributed by atoms with Crippen molar-refractivity contribution in [2.24, 2.45) is 0 Å². The lowest BCUT2D eigenvalue weighted by Gasteiger charge is -2.35. The largest absolute Gasteiger partial charge is 0.122 e. The summed E-state index contributed by atoms with van der Waals surface area (Å²) in [5.74, 6) is 0. The fourth-order valence-corrected chi connectivity index (χ4v) is 9.61. The van der Waals surface area contributed by atoms with Gasteiger partial charge in [0, 0.05) is 0 Å². The Labute approximate surface area is 203 Å². The second-order valence-corrected chi connectivity index (χ2v) is 17.5. The van der Waals surface area contributed by atoms with E-state index in [4.69, 9.17) is 0 Å². The molecule has 0 saturated carbocycles. The van der Waals surface area contributed by atoms with Crippen LogP contribution < -0.4 is 5.19 Å². The van der Waals surface area contributed by atoms with Gasteiger partial charge in [-0.25, -0.2) is 0 Å². The van der Waals surface area contributed by atoms with Crippen LogP contribution in [-0.4, -0.2) is 27.1 Å². The molecule has 0 spiro atoms. The Morgan fingerprint density at radius 1 is 0.697 bits per heavy atom. The molecular formula is C30H26Si3. The summed E-state index contributed by atoms with van der Waals surface area (Å²) in [6.07, 6.45) is 4.96. The molecule has 2 heterocycles. The Kier molecular flexibility index (Phi) is 4.84. The van der Waals surface area contributed by atoms with Crippen molar-refractivity contribution in [2.45, 2.75) is 25.1 Å². The van der Waals surface area contributed by atoms with Crippen molar-refractivity contribution in [1.82, 2.24) is 0 Å². The van der Waals surface area contributed by atoms with Crippen LogP contribution >= 0.6 is 0 Å². The first-order chi connectivity index (χ1) is 16.0. The molecule has 0 amide bonds. The van der Waals surface area contributed by atoms with E-state index in [1.54, 1.807) is 15.6 Å². The second kappa shape index (κ2) is 7.66. The normalized spacial score (nSPS) is 18.6. The van der Waals surface area contributed by atoms with Gasteiger partial charge < -0.3 is 0 Å². The van der Waals surface area contributed by atoms with Gasteiger partial charge in [-0.15, -0.1) is 0 Å². The summed E-state index contributed by atoms with van der Waals surface area (Å²) >= 11 is 0. The molecule has 0 nitrogen and oxygen atoms in total. The molecule has 0 N–H and O–H groups in total. The van der Waals surface area contributed by atoms with E-state index < -0.39 is 8.07 Å². The molecule has 0 saturated heterocycles. The van der Waals surface area contributed by atoms with E-state index in [1.165, 1.54) is 33.0 Å². The lowest BCUT2D eigenvalue weighted by atomic mass is 9.66. The van der Waals surface area contributed by atoms with Gasteiger partial charge in [0.2, 0.25) is 0 Å². The molecule has 3 aromatic rings. The van der Waals surface area contributed by atoms with Gasteiger partial charge in [0.15, 0.2) is 0 Å². The van der Waals surface area contributed by atoms with Crippen molar-refractivity contribution in [3.8, 4) is 0 Å². The summed E-state index contributed by atoms with van der Waals surface area (Å²) in [6.45, 7) is 7.32. The topological polar surface area (TPSA) is 0 Å². The molecule has 33 heavy (non-hydrogen) atoms. The minimum absolute atomic E-state index is 0.210. The third-order valence-electron chi connectivity index (χ3n) is 7.08. The lowest BCUT2D eigenvalue weighted by Crippen LogP contribution is -2.37. The average Bonchev–Trinajstić information content (AvgIpc) is 3.53. The fraction of sp³-hybridized carbons (Fsp3) is 0.133. The number of fused-ring (bicyclic) bond motifs is 1. The highest BCUT2D eigenvalue weighted by Crippen LogP contribution is 2.57. The number of hydrogen-bond acceptors (Lipinski definition) is 0. The smallest absolute Gasteiger partial charge is 0.0930 e. The summed E-state index contributed by atoms with van der Waals surface area (Å²) in [6, 6.07) is 31.7. The maximum absolute atomic E-state index is 2.55. The minimum Gasteiger partial charge on any atom is -0.0930 e. The molecule has 0 aromatic heterocycles. The van der Waals surface area contributed by atoms with Crippen molar-refractivity contribution < 1.29 is 0 Å². The SMILES string of the molecule is C[Si](C)(C)c1cccc(C2=CC3=C([Si]2)C2=C(C=C[Si]2)C3(c2ccccc2)c2ccccc2)c1. The van der Waals surface area contributed by atoms with Crippen LogP contribution in [0.5, 0.6) is 0 Å². The van der Waals surface area contributed by atoms with Crippen molar-refractivity contribution in [1.29, 1.82) is 0 Å². The molecule has 0 unspecified atom stereocenters. The van der Waals surface area contributed by atoms with Gasteiger partial charge in [-0.3, -0.25) is 0 Å². The third kappa shape index (κ3) is 3.14. The molecule has 3 aromatic carbocycles. The highest BCUT2D eigenvalue weighted by molar-refractivity contribution is 6.88. The van der Waals surface area contributed by atoms with Crippen molar-refractivity contribution in [3.05, 3.63) is 141 Å². The van der Waals surface area contributed by atoms with Gasteiger partial charge >= 0.3 is 0 Å². The van der Waals surface area contributed by atoms with Crippen LogP contribution in [0.25, 0.3) is 5.20 Å². The van der Waals surface area contributed by atoms with Crippen LogP contribution in [-0.2, 0) is 5.41 Å². The standard InChI is InChI=1S/C30H26Si3/c1-33(2,3)24-16-10-11-21(19-24)27-20-26-29(32-27)28-25(17-18-31-28)30(26,22-12-6-4-7-13-22)23-14-8-5-9-15-23/h4-20H,1-3H3. The van der Waals surface area contributed by atoms with E-state index >= 15 is 0 Å². The van der Waals surface area contributed by atoms with Crippen LogP contribution in [0.1, 0.15) is 16.7 Å². The number of benzene rings is 3. The van der Waals surface area contributed by atoms with Gasteiger partial charge in [-0.1, -0.05) is 143 Å².